The molecule has 0 fully saturated rings. The molecule has 3 N–H and O–H groups in total. The lowest BCUT2D eigenvalue weighted by Crippen LogP contribution is -2.23. The van der Waals surface area contributed by atoms with Gasteiger partial charge < -0.3 is 4.90 Å². The van der Waals surface area contributed by atoms with E-state index in [1.54, 1.807) is 11.9 Å². The van der Waals surface area contributed by atoms with Crippen molar-refractivity contribution in [3.8, 4) is 0 Å². The Hall–Kier alpha value is -1.43. The number of hydrazine groups is 1. The number of rotatable bonds is 5. The van der Waals surface area contributed by atoms with Crippen LogP contribution in [0.3, 0.4) is 0 Å². The SMILES string of the molecule is CC(C)CCN(C)c1nc(NN)ncc1F. The standard InChI is InChI=1S/C10H18FN5/c1-7(2)4-5-16(3)9-8(11)6-13-10(14-9)15-12/h6-7H,4-5,12H2,1-3H3,(H,13,14,15). The largest absolute Gasteiger partial charge is 0.357 e. The van der Waals surface area contributed by atoms with Crippen LogP contribution in [0, 0.1) is 11.7 Å². The Morgan fingerprint density at radius 2 is 2.25 bits per heavy atom. The van der Waals surface area contributed by atoms with Crippen LogP contribution in [0.2, 0.25) is 0 Å². The summed E-state index contributed by atoms with van der Waals surface area (Å²) >= 11 is 0. The number of hydrogen-bond acceptors (Lipinski definition) is 5. The highest BCUT2D eigenvalue weighted by molar-refractivity contribution is 5.42. The lowest BCUT2D eigenvalue weighted by Gasteiger charge is -2.19. The van der Waals surface area contributed by atoms with Gasteiger partial charge in [-0.25, -0.2) is 15.2 Å². The van der Waals surface area contributed by atoms with E-state index in [4.69, 9.17) is 5.84 Å². The number of halogens is 1. The molecule has 6 heteroatoms. The Morgan fingerprint density at radius 3 is 2.81 bits per heavy atom. The first-order valence-corrected chi connectivity index (χ1v) is 5.25. The molecular weight excluding hydrogens is 209 g/mol. The second-order valence-electron chi connectivity index (χ2n) is 4.11. The molecule has 0 amide bonds. The van der Waals surface area contributed by atoms with Crippen molar-refractivity contribution in [2.45, 2.75) is 20.3 Å². The average Bonchev–Trinajstić information content (AvgIpc) is 2.26. The monoisotopic (exact) mass is 227 g/mol. The summed E-state index contributed by atoms with van der Waals surface area (Å²) in [6.07, 6.45) is 2.09. The van der Waals surface area contributed by atoms with Gasteiger partial charge in [-0.05, 0) is 12.3 Å². The summed E-state index contributed by atoms with van der Waals surface area (Å²) < 4.78 is 13.4. The molecular formula is C10H18FN5. The van der Waals surface area contributed by atoms with Crippen molar-refractivity contribution in [1.29, 1.82) is 0 Å². The van der Waals surface area contributed by atoms with Crippen molar-refractivity contribution in [2.24, 2.45) is 11.8 Å². The van der Waals surface area contributed by atoms with Gasteiger partial charge in [-0.2, -0.15) is 4.98 Å². The Morgan fingerprint density at radius 1 is 1.56 bits per heavy atom. The number of nitrogens with one attached hydrogen (secondary N) is 1. The van der Waals surface area contributed by atoms with Crippen LogP contribution >= 0.6 is 0 Å². The molecule has 0 spiro atoms. The third-order valence-corrected chi connectivity index (χ3v) is 2.26. The number of nitrogens with two attached hydrogens (primary N) is 1. The van der Waals surface area contributed by atoms with Crippen molar-refractivity contribution < 1.29 is 4.39 Å². The Balaban J connectivity index is 2.76. The van der Waals surface area contributed by atoms with Crippen LogP contribution in [-0.2, 0) is 0 Å². The van der Waals surface area contributed by atoms with Crippen LogP contribution in [0.15, 0.2) is 6.20 Å². The van der Waals surface area contributed by atoms with Gasteiger partial charge >= 0.3 is 0 Å². The summed E-state index contributed by atoms with van der Waals surface area (Å²) in [6.45, 7) is 4.99. The quantitative estimate of drug-likeness (QED) is 0.587. The van der Waals surface area contributed by atoms with Crippen molar-refractivity contribution in [1.82, 2.24) is 9.97 Å². The van der Waals surface area contributed by atoms with Crippen molar-refractivity contribution in [3.05, 3.63) is 12.0 Å². The molecule has 0 bridgehead atoms. The van der Waals surface area contributed by atoms with Gasteiger partial charge in [0.05, 0.1) is 6.20 Å². The maximum absolute atomic E-state index is 13.4. The highest BCUT2D eigenvalue weighted by Gasteiger charge is 2.11. The lowest BCUT2D eigenvalue weighted by molar-refractivity contribution is 0.568. The van der Waals surface area contributed by atoms with Crippen LogP contribution in [0.25, 0.3) is 0 Å². The van der Waals surface area contributed by atoms with Crippen LogP contribution in [-0.4, -0.2) is 23.6 Å². The van der Waals surface area contributed by atoms with E-state index in [1.165, 1.54) is 0 Å². The first-order valence-electron chi connectivity index (χ1n) is 5.25. The van der Waals surface area contributed by atoms with E-state index in [-0.39, 0.29) is 11.8 Å². The highest BCUT2D eigenvalue weighted by Crippen LogP contribution is 2.16. The van der Waals surface area contributed by atoms with Crippen LogP contribution in [0.4, 0.5) is 16.2 Å². The third-order valence-electron chi connectivity index (χ3n) is 2.26. The van der Waals surface area contributed by atoms with Gasteiger partial charge in [0.1, 0.15) is 0 Å². The zero-order valence-corrected chi connectivity index (χ0v) is 9.87. The molecule has 0 aliphatic heterocycles. The summed E-state index contributed by atoms with van der Waals surface area (Å²) in [5.74, 6) is 5.79. The van der Waals surface area contributed by atoms with E-state index in [0.29, 0.717) is 5.92 Å². The van der Waals surface area contributed by atoms with Crippen LogP contribution in [0.5, 0.6) is 0 Å². The highest BCUT2D eigenvalue weighted by atomic mass is 19.1. The summed E-state index contributed by atoms with van der Waals surface area (Å²) in [5, 5.41) is 0. The van der Waals surface area contributed by atoms with Gasteiger partial charge in [0, 0.05) is 13.6 Å². The molecule has 0 radical (unpaired) electrons. The zero-order valence-electron chi connectivity index (χ0n) is 9.87. The first-order chi connectivity index (χ1) is 7.54. The van der Waals surface area contributed by atoms with E-state index in [2.05, 4.69) is 29.2 Å². The fraction of sp³-hybridized carbons (Fsp3) is 0.600. The minimum absolute atomic E-state index is 0.216. The lowest BCUT2D eigenvalue weighted by atomic mass is 10.1. The van der Waals surface area contributed by atoms with E-state index in [1.807, 2.05) is 0 Å². The maximum atomic E-state index is 13.4. The number of aromatic nitrogens is 2. The first kappa shape index (κ1) is 12.6. The van der Waals surface area contributed by atoms with Gasteiger partial charge in [-0.15, -0.1) is 0 Å². The van der Waals surface area contributed by atoms with E-state index < -0.39 is 5.82 Å². The molecule has 0 aromatic carbocycles. The van der Waals surface area contributed by atoms with Crippen molar-refractivity contribution in [2.75, 3.05) is 23.9 Å². The molecule has 90 valence electrons. The molecule has 0 atom stereocenters. The van der Waals surface area contributed by atoms with Crippen LogP contribution < -0.4 is 16.2 Å². The smallest absolute Gasteiger partial charge is 0.239 e. The molecule has 1 rings (SSSR count). The van der Waals surface area contributed by atoms with E-state index in [9.17, 15) is 4.39 Å². The van der Waals surface area contributed by atoms with Gasteiger partial charge in [-0.1, -0.05) is 13.8 Å². The topological polar surface area (TPSA) is 67.1 Å². The molecule has 0 aliphatic rings. The number of hydrogen-bond donors (Lipinski definition) is 2. The second kappa shape index (κ2) is 5.60. The fourth-order valence-electron chi connectivity index (χ4n) is 1.25. The van der Waals surface area contributed by atoms with Gasteiger partial charge in [0.15, 0.2) is 11.6 Å². The predicted molar refractivity (Wildman–Crippen MR) is 62.5 cm³/mol. The minimum atomic E-state index is -0.440. The number of anilines is 2. The summed E-state index contributed by atoms with van der Waals surface area (Å²) in [7, 11) is 1.80. The Labute approximate surface area is 94.8 Å². The fourth-order valence-corrected chi connectivity index (χ4v) is 1.25. The molecule has 1 aromatic heterocycles. The molecule has 0 saturated heterocycles. The third kappa shape index (κ3) is 3.30. The molecule has 1 heterocycles. The Kier molecular flexibility index (Phi) is 4.42. The van der Waals surface area contributed by atoms with E-state index >= 15 is 0 Å². The molecule has 0 aliphatic carbocycles. The summed E-state index contributed by atoms with van der Waals surface area (Å²) in [5.41, 5.74) is 2.30. The molecule has 1 aromatic rings. The molecule has 16 heavy (non-hydrogen) atoms. The van der Waals surface area contributed by atoms with Gasteiger partial charge in [0.2, 0.25) is 5.95 Å². The number of nitrogen functional groups attached to an aromatic ring is 1. The maximum Gasteiger partial charge on any atom is 0.239 e. The summed E-state index contributed by atoms with van der Waals surface area (Å²) in [4.78, 5) is 9.42. The van der Waals surface area contributed by atoms with Gasteiger partial charge in [0.25, 0.3) is 0 Å². The second-order valence-corrected chi connectivity index (χ2v) is 4.11. The normalized spacial score (nSPS) is 10.6. The van der Waals surface area contributed by atoms with Gasteiger partial charge in [-0.3, -0.25) is 5.43 Å². The van der Waals surface area contributed by atoms with Crippen LogP contribution in [0.1, 0.15) is 20.3 Å². The van der Waals surface area contributed by atoms with E-state index in [0.717, 1.165) is 19.2 Å². The number of nitrogens with zero attached hydrogens (tertiary/aromatic N) is 3. The average molecular weight is 227 g/mol. The van der Waals surface area contributed by atoms with Crippen molar-refractivity contribution in [3.63, 3.8) is 0 Å². The molecule has 5 nitrogen and oxygen atoms in total. The predicted octanol–water partition coefficient (Wildman–Crippen LogP) is 1.38. The van der Waals surface area contributed by atoms with Crippen molar-refractivity contribution >= 4 is 11.8 Å². The summed E-state index contributed by atoms with van der Waals surface area (Å²) in [6, 6.07) is 0. The minimum Gasteiger partial charge on any atom is -0.357 e. The Bertz CT molecular complexity index is 342. The molecule has 0 unspecified atom stereocenters. The molecule has 0 saturated carbocycles. The zero-order chi connectivity index (χ0) is 12.1.